The van der Waals surface area contributed by atoms with Crippen LogP contribution in [0.15, 0.2) is 36.4 Å². The standard InChI is InChI=1S/C36H48O7/c1-22(2)23-9-24-15-40-17-26-11-30(35(3,4)5)13-28(33(26)38)19-42-21-43-20-29-14-31(36(6,7)8)12-27(34(29)39)18-41-16-25(10-23)32(24)37/h9-14,22,37-39H,15-21H2,1-8H3. The molecule has 0 spiro atoms. The van der Waals surface area contributed by atoms with E-state index in [1.54, 1.807) is 0 Å². The Morgan fingerprint density at radius 1 is 0.488 bits per heavy atom. The lowest BCUT2D eigenvalue weighted by Crippen LogP contribution is -2.14. The molecule has 3 aromatic carbocycles. The minimum Gasteiger partial charge on any atom is -0.507 e. The largest absolute Gasteiger partial charge is 0.507 e. The van der Waals surface area contributed by atoms with Crippen molar-refractivity contribution in [3.8, 4) is 17.2 Å². The summed E-state index contributed by atoms with van der Waals surface area (Å²) < 4.78 is 23.8. The van der Waals surface area contributed by atoms with E-state index in [0.29, 0.717) is 33.4 Å². The van der Waals surface area contributed by atoms with Crippen molar-refractivity contribution in [1.29, 1.82) is 0 Å². The molecule has 0 saturated carbocycles. The summed E-state index contributed by atoms with van der Waals surface area (Å²) in [6, 6.07) is 11.8. The highest BCUT2D eigenvalue weighted by Crippen LogP contribution is 2.35. The van der Waals surface area contributed by atoms with E-state index >= 15 is 0 Å². The molecule has 0 radical (unpaired) electrons. The second kappa shape index (κ2) is 13.3. The van der Waals surface area contributed by atoms with E-state index in [-0.39, 0.29) is 80.4 Å². The lowest BCUT2D eigenvalue weighted by Gasteiger charge is -2.23. The fraction of sp³-hybridized carbons (Fsp3) is 0.500. The van der Waals surface area contributed by atoms with E-state index < -0.39 is 0 Å². The Kier molecular flexibility index (Phi) is 10.1. The van der Waals surface area contributed by atoms with Crippen LogP contribution in [0.3, 0.4) is 0 Å². The van der Waals surface area contributed by atoms with Crippen LogP contribution in [0.5, 0.6) is 17.2 Å². The average Bonchev–Trinajstić information content (AvgIpc) is 2.91. The zero-order valence-corrected chi connectivity index (χ0v) is 27.0. The van der Waals surface area contributed by atoms with Crippen LogP contribution in [-0.2, 0) is 69.4 Å². The molecule has 1 aliphatic heterocycles. The number of benzene rings is 3. The van der Waals surface area contributed by atoms with E-state index in [0.717, 1.165) is 16.7 Å². The molecule has 7 nitrogen and oxygen atoms in total. The zero-order valence-electron chi connectivity index (χ0n) is 27.0. The topological polar surface area (TPSA) is 97.6 Å². The van der Waals surface area contributed by atoms with Gasteiger partial charge in [-0.05, 0) is 69.8 Å². The third-order valence-electron chi connectivity index (χ3n) is 7.94. The first kappa shape index (κ1) is 32.8. The molecular formula is C36H48O7. The molecule has 0 aliphatic carbocycles. The van der Waals surface area contributed by atoms with Crippen LogP contribution in [0.25, 0.3) is 0 Å². The summed E-state index contributed by atoms with van der Waals surface area (Å²) in [6.07, 6.45) is 0. The Morgan fingerprint density at radius 2 is 0.767 bits per heavy atom. The molecule has 43 heavy (non-hydrogen) atoms. The average molecular weight is 593 g/mol. The summed E-state index contributed by atoms with van der Waals surface area (Å²) in [5.41, 5.74) is 6.75. The van der Waals surface area contributed by atoms with Crippen LogP contribution in [0, 0.1) is 0 Å². The highest BCUT2D eigenvalue weighted by Gasteiger charge is 2.22. The maximum Gasteiger partial charge on any atom is 0.147 e. The van der Waals surface area contributed by atoms with Gasteiger partial charge in [0.25, 0.3) is 0 Å². The highest BCUT2D eigenvalue weighted by molar-refractivity contribution is 5.47. The van der Waals surface area contributed by atoms with Gasteiger partial charge in [-0.3, -0.25) is 0 Å². The van der Waals surface area contributed by atoms with Gasteiger partial charge in [0.2, 0.25) is 0 Å². The minimum atomic E-state index is -0.159. The summed E-state index contributed by atoms with van der Waals surface area (Å²) in [4.78, 5) is 0. The third kappa shape index (κ3) is 8.09. The lowest BCUT2D eigenvalue weighted by atomic mass is 9.85. The molecule has 7 heteroatoms. The van der Waals surface area contributed by atoms with E-state index in [2.05, 4.69) is 55.4 Å². The van der Waals surface area contributed by atoms with Gasteiger partial charge in [0.15, 0.2) is 0 Å². The summed E-state index contributed by atoms with van der Waals surface area (Å²) in [7, 11) is 0. The molecule has 1 aliphatic rings. The fourth-order valence-corrected chi connectivity index (χ4v) is 5.07. The summed E-state index contributed by atoms with van der Waals surface area (Å²) in [6.45, 7) is 17.9. The molecule has 3 N–H and O–H groups in total. The van der Waals surface area contributed by atoms with Gasteiger partial charge in [0.05, 0.1) is 39.6 Å². The Bertz CT molecular complexity index is 1330. The quantitative estimate of drug-likeness (QED) is 0.264. The summed E-state index contributed by atoms with van der Waals surface area (Å²) >= 11 is 0. The number of aromatic hydroxyl groups is 3. The van der Waals surface area contributed by atoms with Crippen molar-refractivity contribution in [2.24, 2.45) is 0 Å². The smallest absolute Gasteiger partial charge is 0.147 e. The molecule has 0 atom stereocenters. The Balaban J connectivity index is 1.74. The van der Waals surface area contributed by atoms with Crippen molar-refractivity contribution in [2.45, 2.75) is 112 Å². The molecule has 6 bridgehead atoms. The number of fused-ring (bicyclic) bond motifs is 6. The number of rotatable bonds is 1. The molecule has 0 amide bonds. The molecule has 0 fully saturated rings. The first-order valence-corrected chi connectivity index (χ1v) is 15.0. The fourth-order valence-electron chi connectivity index (χ4n) is 5.07. The van der Waals surface area contributed by atoms with Gasteiger partial charge in [-0.2, -0.15) is 0 Å². The van der Waals surface area contributed by atoms with Gasteiger partial charge in [0, 0.05) is 33.4 Å². The second-order valence-corrected chi connectivity index (χ2v) is 13.9. The van der Waals surface area contributed by atoms with Gasteiger partial charge in [-0.15, -0.1) is 0 Å². The van der Waals surface area contributed by atoms with Crippen LogP contribution >= 0.6 is 0 Å². The van der Waals surface area contributed by atoms with Crippen molar-refractivity contribution in [1.82, 2.24) is 0 Å². The summed E-state index contributed by atoms with van der Waals surface area (Å²) in [5.74, 6) is 0.602. The lowest BCUT2D eigenvalue weighted by molar-refractivity contribution is -0.0697. The first-order valence-electron chi connectivity index (χ1n) is 15.0. The van der Waals surface area contributed by atoms with E-state index in [1.807, 2.05) is 36.4 Å². The second-order valence-electron chi connectivity index (χ2n) is 13.9. The van der Waals surface area contributed by atoms with Crippen molar-refractivity contribution < 1.29 is 34.3 Å². The van der Waals surface area contributed by atoms with Crippen molar-refractivity contribution >= 4 is 0 Å². The van der Waals surface area contributed by atoms with E-state index in [4.69, 9.17) is 18.9 Å². The van der Waals surface area contributed by atoms with Crippen LogP contribution < -0.4 is 0 Å². The normalized spacial score (nSPS) is 15.8. The number of phenolic OH excluding ortho intramolecular Hbond substituents is 3. The predicted molar refractivity (Wildman–Crippen MR) is 167 cm³/mol. The molecule has 0 unspecified atom stereocenters. The Hall–Kier alpha value is -3.10. The maximum absolute atomic E-state index is 11.2. The molecular weight excluding hydrogens is 544 g/mol. The maximum atomic E-state index is 11.2. The Morgan fingerprint density at radius 3 is 1.05 bits per heavy atom. The number of hydrogen-bond donors (Lipinski definition) is 3. The molecule has 4 rings (SSSR count). The van der Waals surface area contributed by atoms with Crippen LogP contribution in [0.4, 0.5) is 0 Å². The summed E-state index contributed by atoms with van der Waals surface area (Å²) in [5, 5.41) is 33.5. The SMILES string of the molecule is CC(C)c1cc2c(O)c(c1)COCc1cc(C(C)(C)C)cc(c1O)COCOCc1cc(C(C)(C)C)cc(c1O)COC2. The highest BCUT2D eigenvalue weighted by atomic mass is 16.7. The van der Waals surface area contributed by atoms with E-state index in [9.17, 15) is 15.3 Å². The molecule has 0 saturated heterocycles. The van der Waals surface area contributed by atoms with Crippen molar-refractivity contribution in [3.63, 3.8) is 0 Å². The van der Waals surface area contributed by atoms with Crippen LogP contribution in [0.2, 0.25) is 0 Å². The molecule has 0 aromatic heterocycles. The minimum absolute atomic E-state index is 0.0118. The molecule has 3 aromatic rings. The monoisotopic (exact) mass is 592 g/mol. The zero-order chi connectivity index (χ0) is 31.5. The molecule has 234 valence electrons. The van der Waals surface area contributed by atoms with Gasteiger partial charge in [-0.1, -0.05) is 55.4 Å². The number of hydrogen-bond acceptors (Lipinski definition) is 7. The first-order chi connectivity index (χ1) is 20.1. The molecule has 1 heterocycles. The van der Waals surface area contributed by atoms with E-state index in [1.165, 1.54) is 0 Å². The van der Waals surface area contributed by atoms with Gasteiger partial charge >= 0.3 is 0 Å². The number of phenols is 3. The van der Waals surface area contributed by atoms with Crippen molar-refractivity contribution in [3.05, 3.63) is 86.5 Å². The van der Waals surface area contributed by atoms with Crippen LogP contribution in [0.1, 0.15) is 111 Å². The predicted octanol–water partition coefficient (Wildman–Crippen LogP) is 7.96. The van der Waals surface area contributed by atoms with Gasteiger partial charge < -0.3 is 34.3 Å². The third-order valence-corrected chi connectivity index (χ3v) is 7.94. The van der Waals surface area contributed by atoms with Crippen LogP contribution in [-0.4, -0.2) is 22.1 Å². The Labute approximate surface area is 256 Å². The van der Waals surface area contributed by atoms with Gasteiger partial charge in [0.1, 0.15) is 24.0 Å². The van der Waals surface area contributed by atoms with Gasteiger partial charge in [-0.25, -0.2) is 0 Å². The number of ether oxygens (including phenoxy) is 4. The van der Waals surface area contributed by atoms with Crippen molar-refractivity contribution in [2.75, 3.05) is 6.79 Å².